The highest BCUT2D eigenvalue weighted by Gasteiger charge is 2.30. The molecule has 8 heteroatoms. The van der Waals surface area contributed by atoms with Crippen LogP contribution in [0.2, 0.25) is 5.02 Å². The van der Waals surface area contributed by atoms with Gasteiger partial charge in [0.25, 0.3) is 0 Å². The Hall–Kier alpha value is -2.40. The SMILES string of the molecule is N#Cc1ccc(S(=O)(=O)N2CCN(C(=O)Cc3ccc(Cl)cc3)CC2)cc1. The topological polar surface area (TPSA) is 81.5 Å². The molecule has 1 aliphatic heterocycles. The van der Waals surface area contributed by atoms with Crippen molar-refractivity contribution < 1.29 is 13.2 Å². The predicted octanol–water partition coefficient (Wildman–Crippen LogP) is 2.29. The normalized spacial score (nSPS) is 15.3. The summed E-state index contributed by atoms with van der Waals surface area (Å²) in [4.78, 5) is 14.3. The number of carbonyl (C=O) groups excluding carboxylic acids is 1. The van der Waals surface area contributed by atoms with Crippen LogP contribution in [0.25, 0.3) is 0 Å². The summed E-state index contributed by atoms with van der Waals surface area (Å²) in [6.45, 7) is 1.19. The van der Waals surface area contributed by atoms with Crippen molar-refractivity contribution in [3.63, 3.8) is 0 Å². The third-order valence-corrected chi connectivity index (χ3v) is 6.65. The zero-order valence-corrected chi connectivity index (χ0v) is 16.1. The van der Waals surface area contributed by atoms with Crippen molar-refractivity contribution >= 4 is 27.5 Å². The number of rotatable bonds is 4. The van der Waals surface area contributed by atoms with Crippen molar-refractivity contribution in [2.45, 2.75) is 11.3 Å². The highest BCUT2D eigenvalue weighted by Crippen LogP contribution is 2.19. The maximum Gasteiger partial charge on any atom is 0.243 e. The molecule has 1 fully saturated rings. The van der Waals surface area contributed by atoms with E-state index in [0.717, 1.165) is 5.56 Å². The standard InChI is InChI=1S/C19H18ClN3O3S/c20-17-5-1-15(2-6-17)13-19(24)22-9-11-23(12-10-22)27(25,26)18-7-3-16(14-21)4-8-18/h1-8H,9-13H2. The number of amides is 1. The summed E-state index contributed by atoms with van der Waals surface area (Å²) in [5.41, 5.74) is 1.28. The van der Waals surface area contributed by atoms with Gasteiger partial charge in [-0.3, -0.25) is 4.79 Å². The first kappa shape index (κ1) is 19.4. The van der Waals surface area contributed by atoms with Crippen LogP contribution in [0, 0.1) is 11.3 Å². The molecule has 140 valence electrons. The maximum atomic E-state index is 12.7. The van der Waals surface area contributed by atoms with Gasteiger partial charge in [0.05, 0.1) is 22.9 Å². The molecule has 1 saturated heterocycles. The number of hydrogen-bond donors (Lipinski definition) is 0. The second-order valence-electron chi connectivity index (χ2n) is 6.22. The first-order valence-corrected chi connectivity index (χ1v) is 10.2. The van der Waals surface area contributed by atoms with E-state index in [4.69, 9.17) is 16.9 Å². The van der Waals surface area contributed by atoms with E-state index in [1.165, 1.54) is 28.6 Å². The number of halogens is 1. The fourth-order valence-electron chi connectivity index (χ4n) is 2.92. The van der Waals surface area contributed by atoms with Gasteiger partial charge in [0, 0.05) is 31.2 Å². The van der Waals surface area contributed by atoms with Crippen LogP contribution in [-0.4, -0.2) is 49.7 Å². The Bertz CT molecular complexity index is 959. The molecule has 0 N–H and O–H groups in total. The number of piperazine rings is 1. The molecule has 0 unspecified atom stereocenters. The van der Waals surface area contributed by atoms with E-state index in [2.05, 4.69) is 0 Å². The molecule has 27 heavy (non-hydrogen) atoms. The molecule has 0 atom stereocenters. The highest BCUT2D eigenvalue weighted by atomic mass is 35.5. The lowest BCUT2D eigenvalue weighted by molar-refractivity contribution is -0.131. The van der Waals surface area contributed by atoms with Crippen LogP contribution < -0.4 is 0 Å². The maximum absolute atomic E-state index is 12.7. The van der Waals surface area contributed by atoms with Crippen molar-refractivity contribution in [3.8, 4) is 6.07 Å². The van der Waals surface area contributed by atoms with E-state index < -0.39 is 10.0 Å². The molecule has 0 aromatic heterocycles. The van der Waals surface area contributed by atoms with Gasteiger partial charge in [0.1, 0.15) is 0 Å². The van der Waals surface area contributed by atoms with Gasteiger partial charge in [-0.15, -0.1) is 0 Å². The third-order valence-electron chi connectivity index (χ3n) is 4.48. The number of nitriles is 1. The Morgan fingerprint density at radius 1 is 1.00 bits per heavy atom. The predicted molar refractivity (Wildman–Crippen MR) is 102 cm³/mol. The van der Waals surface area contributed by atoms with E-state index in [9.17, 15) is 13.2 Å². The van der Waals surface area contributed by atoms with Crippen LogP contribution in [0.5, 0.6) is 0 Å². The second-order valence-corrected chi connectivity index (χ2v) is 8.60. The summed E-state index contributed by atoms with van der Waals surface area (Å²) < 4.78 is 26.8. The summed E-state index contributed by atoms with van der Waals surface area (Å²) in [7, 11) is -3.63. The summed E-state index contributed by atoms with van der Waals surface area (Å²) in [5.74, 6) is -0.0345. The van der Waals surface area contributed by atoms with Crippen LogP contribution in [0.4, 0.5) is 0 Å². The fourth-order valence-corrected chi connectivity index (χ4v) is 4.47. The van der Waals surface area contributed by atoms with Gasteiger partial charge in [0.15, 0.2) is 0 Å². The lowest BCUT2D eigenvalue weighted by Crippen LogP contribution is -2.50. The molecule has 1 heterocycles. The number of carbonyl (C=O) groups is 1. The van der Waals surface area contributed by atoms with Gasteiger partial charge in [-0.05, 0) is 42.0 Å². The van der Waals surface area contributed by atoms with Crippen LogP contribution in [0.3, 0.4) is 0 Å². The number of nitrogens with zero attached hydrogens (tertiary/aromatic N) is 3. The zero-order valence-electron chi connectivity index (χ0n) is 14.5. The Morgan fingerprint density at radius 3 is 2.15 bits per heavy atom. The molecule has 0 saturated carbocycles. The second kappa shape index (κ2) is 8.09. The molecular weight excluding hydrogens is 386 g/mol. The summed E-state index contributed by atoms with van der Waals surface area (Å²) in [6, 6.07) is 14.9. The lowest BCUT2D eigenvalue weighted by Gasteiger charge is -2.34. The first-order valence-electron chi connectivity index (χ1n) is 8.43. The van der Waals surface area contributed by atoms with Crippen molar-refractivity contribution in [1.82, 2.24) is 9.21 Å². The molecule has 2 aromatic rings. The van der Waals surface area contributed by atoms with Crippen LogP contribution in [-0.2, 0) is 21.2 Å². The molecule has 6 nitrogen and oxygen atoms in total. The summed E-state index contributed by atoms with van der Waals surface area (Å²) in [5, 5.41) is 9.44. The number of sulfonamides is 1. The Kier molecular flexibility index (Phi) is 5.80. The molecule has 0 bridgehead atoms. The Morgan fingerprint density at radius 2 is 1.59 bits per heavy atom. The average Bonchev–Trinajstić information content (AvgIpc) is 2.70. The van der Waals surface area contributed by atoms with Gasteiger partial charge < -0.3 is 4.90 Å². The van der Waals surface area contributed by atoms with Crippen LogP contribution in [0.15, 0.2) is 53.4 Å². The fraction of sp³-hybridized carbons (Fsp3) is 0.263. The molecule has 0 aliphatic carbocycles. The van der Waals surface area contributed by atoms with E-state index in [-0.39, 0.29) is 30.3 Å². The molecule has 1 aliphatic rings. The van der Waals surface area contributed by atoms with E-state index in [1.54, 1.807) is 17.0 Å². The van der Waals surface area contributed by atoms with Crippen molar-refractivity contribution in [2.75, 3.05) is 26.2 Å². The average molecular weight is 404 g/mol. The molecule has 1 amide bonds. The van der Waals surface area contributed by atoms with Gasteiger partial charge in [-0.2, -0.15) is 9.57 Å². The van der Waals surface area contributed by atoms with Crippen molar-refractivity contribution in [2.24, 2.45) is 0 Å². The summed E-state index contributed by atoms with van der Waals surface area (Å²) >= 11 is 5.85. The minimum Gasteiger partial charge on any atom is -0.340 e. The first-order chi connectivity index (χ1) is 12.9. The Balaban J connectivity index is 1.61. The van der Waals surface area contributed by atoms with Gasteiger partial charge in [-0.1, -0.05) is 23.7 Å². The molecule has 0 radical (unpaired) electrons. The quantitative estimate of drug-likeness (QED) is 0.784. The van der Waals surface area contributed by atoms with Gasteiger partial charge >= 0.3 is 0 Å². The monoisotopic (exact) mass is 403 g/mol. The minimum atomic E-state index is -3.63. The number of hydrogen-bond acceptors (Lipinski definition) is 4. The lowest BCUT2D eigenvalue weighted by atomic mass is 10.1. The molecular formula is C19H18ClN3O3S. The summed E-state index contributed by atoms with van der Waals surface area (Å²) in [6.07, 6.45) is 0.263. The zero-order chi connectivity index (χ0) is 19.4. The van der Waals surface area contributed by atoms with E-state index in [1.807, 2.05) is 18.2 Å². The van der Waals surface area contributed by atoms with Crippen molar-refractivity contribution in [1.29, 1.82) is 5.26 Å². The van der Waals surface area contributed by atoms with Crippen LogP contribution in [0.1, 0.15) is 11.1 Å². The molecule has 2 aromatic carbocycles. The van der Waals surface area contributed by atoms with Gasteiger partial charge in [-0.25, -0.2) is 8.42 Å². The molecule has 0 spiro atoms. The number of benzene rings is 2. The largest absolute Gasteiger partial charge is 0.340 e. The van der Waals surface area contributed by atoms with E-state index in [0.29, 0.717) is 23.7 Å². The van der Waals surface area contributed by atoms with Gasteiger partial charge in [0.2, 0.25) is 15.9 Å². The van der Waals surface area contributed by atoms with Crippen LogP contribution >= 0.6 is 11.6 Å². The smallest absolute Gasteiger partial charge is 0.243 e. The van der Waals surface area contributed by atoms with Crippen molar-refractivity contribution in [3.05, 3.63) is 64.7 Å². The minimum absolute atomic E-state index is 0.0345. The third kappa shape index (κ3) is 4.48. The Labute approximate surface area is 163 Å². The van der Waals surface area contributed by atoms with E-state index >= 15 is 0 Å². The highest BCUT2D eigenvalue weighted by molar-refractivity contribution is 7.89. The molecule has 3 rings (SSSR count).